The summed E-state index contributed by atoms with van der Waals surface area (Å²) < 4.78 is 0. The van der Waals surface area contributed by atoms with E-state index >= 15 is 0 Å². The molecule has 3 rings (SSSR count). The Labute approximate surface area is 170 Å². The Morgan fingerprint density at radius 2 is 1.48 bits per heavy atom. The second kappa shape index (κ2) is 9.15. The van der Waals surface area contributed by atoms with Gasteiger partial charge in [-0.05, 0) is 35.9 Å². The van der Waals surface area contributed by atoms with Crippen LogP contribution in [-0.4, -0.2) is 9.97 Å². The van der Waals surface area contributed by atoms with Gasteiger partial charge in [-0.2, -0.15) is 0 Å². The second-order valence-electron chi connectivity index (χ2n) is 5.06. The molecule has 25 heavy (non-hydrogen) atoms. The van der Waals surface area contributed by atoms with Crippen LogP contribution < -0.4 is 0 Å². The molecule has 0 atom stereocenters. The van der Waals surface area contributed by atoms with E-state index in [-0.39, 0.29) is 0 Å². The van der Waals surface area contributed by atoms with Crippen molar-refractivity contribution in [3.05, 3.63) is 81.1 Å². The minimum atomic E-state index is 0.436. The van der Waals surface area contributed by atoms with Gasteiger partial charge in [-0.3, -0.25) is 0 Å². The van der Waals surface area contributed by atoms with Crippen molar-refractivity contribution in [2.45, 2.75) is 21.6 Å². The zero-order chi connectivity index (χ0) is 17.6. The maximum absolute atomic E-state index is 6.21. The van der Waals surface area contributed by atoms with Crippen LogP contribution in [0.2, 0.25) is 15.2 Å². The summed E-state index contributed by atoms with van der Waals surface area (Å²) >= 11 is 21.7. The fourth-order valence-electron chi connectivity index (χ4n) is 2.06. The van der Waals surface area contributed by atoms with E-state index in [1.807, 2.05) is 36.4 Å². The zero-order valence-corrected chi connectivity index (χ0v) is 16.9. The summed E-state index contributed by atoms with van der Waals surface area (Å²) in [5.74, 6) is 1.32. The van der Waals surface area contributed by atoms with Gasteiger partial charge in [-0.1, -0.05) is 70.8 Å². The van der Waals surface area contributed by atoms with E-state index in [1.54, 1.807) is 17.8 Å². The normalized spacial score (nSPS) is 10.8. The van der Waals surface area contributed by atoms with Crippen molar-refractivity contribution >= 4 is 58.3 Å². The van der Waals surface area contributed by atoms with Gasteiger partial charge in [0.2, 0.25) is 0 Å². The first-order chi connectivity index (χ1) is 12.1. The smallest absolute Gasteiger partial charge is 0.189 e. The van der Waals surface area contributed by atoms with Crippen LogP contribution in [0.1, 0.15) is 11.3 Å². The molecule has 3 aromatic rings. The van der Waals surface area contributed by atoms with Crippen LogP contribution in [0.4, 0.5) is 0 Å². The number of nitrogens with zero attached hydrogens (tertiary/aromatic N) is 2. The lowest BCUT2D eigenvalue weighted by atomic mass is 10.2. The van der Waals surface area contributed by atoms with Crippen molar-refractivity contribution in [3.63, 3.8) is 0 Å². The van der Waals surface area contributed by atoms with E-state index in [1.165, 1.54) is 16.7 Å². The molecule has 0 aliphatic carbocycles. The molecule has 0 aliphatic rings. The quantitative estimate of drug-likeness (QED) is 0.240. The van der Waals surface area contributed by atoms with Gasteiger partial charge in [-0.15, -0.1) is 11.8 Å². The predicted molar refractivity (Wildman–Crippen MR) is 109 cm³/mol. The van der Waals surface area contributed by atoms with Crippen LogP contribution in [0.3, 0.4) is 0 Å². The lowest BCUT2D eigenvalue weighted by Gasteiger charge is -2.07. The molecule has 0 aliphatic heterocycles. The molecule has 0 saturated heterocycles. The standard InChI is InChI=1S/C18H13Cl3N2S2/c19-15-7-4-8-16(20)14(15)11-25-18-22-12(9-17(21)23-18)10-24-13-5-2-1-3-6-13/h1-9H,10-11H2. The number of rotatable bonds is 6. The molecule has 0 N–H and O–H groups in total. The number of thioether (sulfide) groups is 2. The minimum absolute atomic E-state index is 0.436. The highest BCUT2D eigenvalue weighted by Gasteiger charge is 2.09. The van der Waals surface area contributed by atoms with E-state index in [4.69, 9.17) is 34.8 Å². The average molecular weight is 428 g/mol. The average Bonchev–Trinajstić information content (AvgIpc) is 2.60. The van der Waals surface area contributed by atoms with Gasteiger partial charge in [0, 0.05) is 26.4 Å². The monoisotopic (exact) mass is 426 g/mol. The SMILES string of the molecule is Clc1cc(CSc2ccccc2)nc(SCc2c(Cl)cccc2Cl)n1. The van der Waals surface area contributed by atoms with Gasteiger partial charge in [0.15, 0.2) is 5.16 Å². The maximum Gasteiger partial charge on any atom is 0.189 e. The highest BCUT2D eigenvalue weighted by molar-refractivity contribution is 7.98. The molecule has 0 fully saturated rings. The summed E-state index contributed by atoms with van der Waals surface area (Å²) in [6.07, 6.45) is 0. The van der Waals surface area contributed by atoms with Crippen molar-refractivity contribution in [2.24, 2.45) is 0 Å². The molecule has 0 amide bonds. The first-order valence-corrected chi connectivity index (χ1v) is 10.5. The molecule has 0 unspecified atom stereocenters. The van der Waals surface area contributed by atoms with E-state index in [0.717, 1.165) is 17.0 Å². The first kappa shape index (κ1) is 18.9. The summed E-state index contributed by atoms with van der Waals surface area (Å²) in [7, 11) is 0. The molecule has 0 spiro atoms. The second-order valence-corrected chi connectivity index (χ2v) is 8.25. The van der Waals surface area contributed by atoms with Crippen molar-refractivity contribution in [2.75, 3.05) is 0 Å². The van der Waals surface area contributed by atoms with E-state index in [9.17, 15) is 0 Å². The van der Waals surface area contributed by atoms with Crippen molar-refractivity contribution in [1.82, 2.24) is 9.97 Å². The van der Waals surface area contributed by atoms with Crippen molar-refractivity contribution in [3.8, 4) is 0 Å². The van der Waals surface area contributed by atoms with Crippen LogP contribution in [0, 0.1) is 0 Å². The number of aromatic nitrogens is 2. The predicted octanol–water partition coefficient (Wildman–Crippen LogP) is 7.02. The highest BCUT2D eigenvalue weighted by Crippen LogP contribution is 2.31. The third-order valence-corrected chi connectivity index (χ3v) is 6.09. The van der Waals surface area contributed by atoms with Gasteiger partial charge in [0.25, 0.3) is 0 Å². The molecule has 2 nitrogen and oxygen atoms in total. The molecular weight excluding hydrogens is 415 g/mol. The summed E-state index contributed by atoms with van der Waals surface area (Å²) in [5, 5.41) is 2.34. The molecule has 2 aromatic carbocycles. The Bertz CT molecular complexity index is 840. The summed E-state index contributed by atoms with van der Waals surface area (Å²) in [6, 6.07) is 17.4. The molecular formula is C18H13Cl3N2S2. The highest BCUT2D eigenvalue weighted by atomic mass is 35.5. The summed E-state index contributed by atoms with van der Waals surface area (Å²) in [5.41, 5.74) is 1.77. The largest absolute Gasteiger partial charge is 0.227 e. The summed E-state index contributed by atoms with van der Waals surface area (Å²) in [6.45, 7) is 0. The Kier molecular flexibility index (Phi) is 6.91. The van der Waals surface area contributed by atoms with Crippen LogP contribution in [0.15, 0.2) is 64.6 Å². The fourth-order valence-corrected chi connectivity index (χ4v) is 4.75. The molecule has 1 heterocycles. The van der Waals surface area contributed by atoms with Gasteiger partial charge in [-0.25, -0.2) is 9.97 Å². The number of halogens is 3. The third kappa shape index (κ3) is 5.53. The lowest BCUT2D eigenvalue weighted by molar-refractivity contribution is 0.926. The van der Waals surface area contributed by atoms with Gasteiger partial charge in [0.1, 0.15) is 5.15 Å². The Balaban J connectivity index is 1.69. The Morgan fingerprint density at radius 3 is 2.20 bits per heavy atom. The first-order valence-electron chi connectivity index (χ1n) is 7.39. The van der Waals surface area contributed by atoms with Gasteiger partial charge >= 0.3 is 0 Å². The maximum atomic E-state index is 6.21. The number of hydrogen-bond acceptors (Lipinski definition) is 4. The number of benzene rings is 2. The summed E-state index contributed by atoms with van der Waals surface area (Å²) in [4.78, 5) is 10.1. The van der Waals surface area contributed by atoms with Gasteiger partial charge in [0.05, 0.1) is 5.69 Å². The van der Waals surface area contributed by atoms with Gasteiger partial charge < -0.3 is 0 Å². The van der Waals surface area contributed by atoms with Crippen LogP contribution >= 0.6 is 58.3 Å². The molecule has 0 radical (unpaired) electrons. The van der Waals surface area contributed by atoms with E-state index in [0.29, 0.717) is 26.1 Å². The Hall–Kier alpha value is -0.910. The molecule has 7 heteroatoms. The molecule has 0 bridgehead atoms. The minimum Gasteiger partial charge on any atom is -0.227 e. The van der Waals surface area contributed by atoms with Crippen LogP contribution in [-0.2, 0) is 11.5 Å². The van der Waals surface area contributed by atoms with Crippen LogP contribution in [0.25, 0.3) is 0 Å². The zero-order valence-electron chi connectivity index (χ0n) is 13.0. The molecule has 0 saturated carbocycles. The topological polar surface area (TPSA) is 25.8 Å². The van der Waals surface area contributed by atoms with Crippen molar-refractivity contribution < 1.29 is 0 Å². The molecule has 128 valence electrons. The number of hydrogen-bond donors (Lipinski definition) is 0. The van der Waals surface area contributed by atoms with E-state index < -0.39 is 0 Å². The van der Waals surface area contributed by atoms with E-state index in [2.05, 4.69) is 22.1 Å². The lowest BCUT2D eigenvalue weighted by Crippen LogP contribution is -1.95. The fraction of sp³-hybridized carbons (Fsp3) is 0.111. The third-order valence-electron chi connectivity index (χ3n) is 3.26. The van der Waals surface area contributed by atoms with Crippen LogP contribution in [0.5, 0.6) is 0 Å². The van der Waals surface area contributed by atoms with Crippen molar-refractivity contribution in [1.29, 1.82) is 0 Å². The molecule has 1 aromatic heterocycles. The Morgan fingerprint density at radius 1 is 0.760 bits per heavy atom.